The van der Waals surface area contributed by atoms with Crippen LogP contribution in [0.5, 0.6) is 0 Å². The van der Waals surface area contributed by atoms with Crippen molar-refractivity contribution < 1.29 is 4.79 Å². The number of hydrogen-bond acceptors (Lipinski definition) is 3. The van der Waals surface area contributed by atoms with Crippen molar-refractivity contribution in [3.05, 3.63) is 78.4 Å². The summed E-state index contributed by atoms with van der Waals surface area (Å²) in [5, 5.41) is 2.97. The summed E-state index contributed by atoms with van der Waals surface area (Å²) in [4.78, 5) is 19.1. The molecule has 1 aliphatic rings. The first-order valence-electron chi connectivity index (χ1n) is 8.99. The monoisotopic (exact) mass is 346 g/mol. The Morgan fingerprint density at radius 1 is 1.08 bits per heavy atom. The van der Waals surface area contributed by atoms with Gasteiger partial charge in [0, 0.05) is 35.9 Å². The largest absolute Gasteiger partial charge is 0.322 e. The van der Waals surface area contributed by atoms with Gasteiger partial charge in [-0.3, -0.25) is 9.69 Å². The number of amides is 1. The van der Waals surface area contributed by atoms with Gasteiger partial charge in [0.25, 0.3) is 5.91 Å². The van der Waals surface area contributed by atoms with Crippen LogP contribution in [-0.2, 0) is 6.54 Å². The molecule has 1 aliphatic heterocycles. The van der Waals surface area contributed by atoms with Crippen LogP contribution in [0, 0.1) is 0 Å². The Bertz CT molecular complexity index is 865. The maximum Gasteiger partial charge on any atom is 0.255 e. The molecule has 0 radical (unpaired) electrons. The molecule has 132 valence electrons. The van der Waals surface area contributed by atoms with E-state index < -0.39 is 0 Å². The molecule has 26 heavy (non-hydrogen) atoms. The van der Waals surface area contributed by atoms with Gasteiger partial charge in [-0.05, 0) is 67.9 Å². The zero-order chi connectivity index (χ0) is 17.8. The number of likely N-dealkylation sites (tertiary alicyclic amines) is 1. The molecule has 2 heterocycles. The second kappa shape index (κ2) is 7.54. The number of carbonyl (C=O) groups excluding carboxylic acids is 1. The highest BCUT2D eigenvalue weighted by atomic mass is 16.1. The van der Waals surface area contributed by atoms with Crippen LogP contribution in [0.15, 0.2) is 67.3 Å². The molecule has 3 aromatic rings. The molecule has 1 amide bonds. The fraction of sp³-hybridized carbons (Fsp3) is 0.238. The minimum atomic E-state index is -0.0800. The van der Waals surface area contributed by atoms with E-state index in [1.54, 1.807) is 12.5 Å². The van der Waals surface area contributed by atoms with E-state index in [1.165, 1.54) is 18.4 Å². The first kappa shape index (κ1) is 16.5. The van der Waals surface area contributed by atoms with Gasteiger partial charge in [0.2, 0.25) is 0 Å². The van der Waals surface area contributed by atoms with Crippen molar-refractivity contribution in [3.63, 3.8) is 0 Å². The van der Waals surface area contributed by atoms with Gasteiger partial charge >= 0.3 is 0 Å². The van der Waals surface area contributed by atoms with Gasteiger partial charge in [-0.2, -0.15) is 0 Å². The lowest BCUT2D eigenvalue weighted by Gasteiger charge is -2.15. The molecular weight excluding hydrogens is 324 g/mol. The van der Waals surface area contributed by atoms with Crippen LogP contribution < -0.4 is 5.32 Å². The Morgan fingerprint density at radius 2 is 1.88 bits per heavy atom. The average molecular weight is 346 g/mol. The number of anilines is 1. The number of imidazole rings is 1. The van der Waals surface area contributed by atoms with Crippen LogP contribution in [0.4, 0.5) is 5.69 Å². The molecule has 1 N–H and O–H groups in total. The third-order valence-corrected chi connectivity index (χ3v) is 4.72. The Labute approximate surface area is 153 Å². The van der Waals surface area contributed by atoms with E-state index in [2.05, 4.69) is 21.3 Å². The molecule has 0 atom stereocenters. The van der Waals surface area contributed by atoms with E-state index in [0.29, 0.717) is 5.56 Å². The fourth-order valence-electron chi connectivity index (χ4n) is 3.34. The van der Waals surface area contributed by atoms with Crippen LogP contribution in [0.1, 0.15) is 28.8 Å². The summed E-state index contributed by atoms with van der Waals surface area (Å²) in [5.74, 6) is -0.0800. The minimum Gasteiger partial charge on any atom is -0.322 e. The molecule has 1 saturated heterocycles. The summed E-state index contributed by atoms with van der Waals surface area (Å²) < 4.78 is 1.92. The maximum absolute atomic E-state index is 12.6. The van der Waals surface area contributed by atoms with Gasteiger partial charge in [-0.1, -0.05) is 12.1 Å². The van der Waals surface area contributed by atoms with Gasteiger partial charge in [0.15, 0.2) is 0 Å². The predicted molar refractivity (Wildman–Crippen MR) is 102 cm³/mol. The molecule has 0 unspecified atom stereocenters. The van der Waals surface area contributed by atoms with Crippen LogP contribution >= 0.6 is 0 Å². The number of nitrogens with one attached hydrogen (secondary N) is 1. The van der Waals surface area contributed by atoms with Crippen molar-refractivity contribution in [2.45, 2.75) is 19.4 Å². The number of nitrogens with zero attached hydrogens (tertiary/aromatic N) is 3. The highest BCUT2D eigenvalue weighted by Crippen LogP contribution is 2.16. The van der Waals surface area contributed by atoms with Gasteiger partial charge in [-0.25, -0.2) is 4.98 Å². The van der Waals surface area contributed by atoms with E-state index in [1.807, 2.05) is 53.2 Å². The molecule has 0 spiro atoms. The number of hydrogen-bond donors (Lipinski definition) is 1. The molecule has 4 rings (SSSR count). The molecule has 0 aliphatic carbocycles. The normalized spacial score (nSPS) is 14.5. The zero-order valence-corrected chi connectivity index (χ0v) is 14.6. The van der Waals surface area contributed by atoms with Crippen molar-refractivity contribution >= 4 is 11.6 Å². The second-order valence-electron chi connectivity index (χ2n) is 6.65. The highest BCUT2D eigenvalue weighted by Gasteiger charge is 2.13. The first-order valence-corrected chi connectivity index (χ1v) is 8.99. The summed E-state index contributed by atoms with van der Waals surface area (Å²) in [6.07, 6.45) is 7.92. The van der Waals surface area contributed by atoms with Gasteiger partial charge in [-0.15, -0.1) is 0 Å². The maximum atomic E-state index is 12.6. The summed E-state index contributed by atoms with van der Waals surface area (Å²) in [6.45, 7) is 3.22. The van der Waals surface area contributed by atoms with E-state index in [4.69, 9.17) is 0 Å². The second-order valence-corrected chi connectivity index (χ2v) is 6.65. The quantitative estimate of drug-likeness (QED) is 0.766. The van der Waals surface area contributed by atoms with E-state index in [-0.39, 0.29) is 5.91 Å². The number of benzene rings is 2. The van der Waals surface area contributed by atoms with Gasteiger partial charge in [0.1, 0.15) is 0 Å². The number of carbonyl (C=O) groups is 1. The van der Waals surface area contributed by atoms with E-state index in [9.17, 15) is 4.79 Å². The summed E-state index contributed by atoms with van der Waals surface area (Å²) in [5.41, 5.74) is 3.67. The van der Waals surface area contributed by atoms with Crippen molar-refractivity contribution in [1.29, 1.82) is 0 Å². The molecule has 0 saturated carbocycles. The van der Waals surface area contributed by atoms with Crippen LogP contribution in [-0.4, -0.2) is 33.4 Å². The van der Waals surface area contributed by atoms with Crippen molar-refractivity contribution in [1.82, 2.24) is 14.5 Å². The van der Waals surface area contributed by atoms with Crippen LogP contribution in [0.2, 0.25) is 0 Å². The Balaban J connectivity index is 1.42. The first-order chi connectivity index (χ1) is 12.8. The molecule has 0 bridgehead atoms. The third-order valence-electron chi connectivity index (χ3n) is 4.72. The summed E-state index contributed by atoms with van der Waals surface area (Å²) in [7, 11) is 0. The molecule has 1 fully saturated rings. The van der Waals surface area contributed by atoms with E-state index >= 15 is 0 Å². The molecule has 5 heteroatoms. The lowest BCUT2D eigenvalue weighted by Crippen LogP contribution is -2.19. The third kappa shape index (κ3) is 3.83. The lowest BCUT2D eigenvalue weighted by atomic mass is 10.1. The standard InChI is InChI=1S/C21H22N4O/c26-21(18-5-3-4-17(14-18)15-24-11-1-2-12-24)23-19-6-8-20(9-7-19)25-13-10-22-16-25/h3-10,13-14,16H,1-2,11-12,15H2,(H,23,26). The molecule has 5 nitrogen and oxygen atoms in total. The summed E-state index contributed by atoms with van der Waals surface area (Å²) >= 11 is 0. The minimum absolute atomic E-state index is 0.0800. The number of aromatic nitrogens is 2. The van der Waals surface area contributed by atoms with Gasteiger partial charge in [0.05, 0.1) is 6.33 Å². The fourth-order valence-corrected chi connectivity index (χ4v) is 3.34. The Hall–Kier alpha value is -2.92. The van der Waals surface area contributed by atoms with Crippen molar-refractivity contribution in [3.8, 4) is 5.69 Å². The summed E-state index contributed by atoms with van der Waals surface area (Å²) in [6, 6.07) is 15.6. The highest BCUT2D eigenvalue weighted by molar-refractivity contribution is 6.04. The van der Waals surface area contributed by atoms with Crippen LogP contribution in [0.25, 0.3) is 5.69 Å². The Morgan fingerprint density at radius 3 is 2.62 bits per heavy atom. The topological polar surface area (TPSA) is 50.2 Å². The average Bonchev–Trinajstić information content (AvgIpc) is 3.36. The smallest absolute Gasteiger partial charge is 0.255 e. The SMILES string of the molecule is O=C(Nc1ccc(-n2ccnc2)cc1)c1cccc(CN2CCCC2)c1. The van der Waals surface area contributed by atoms with Gasteiger partial charge < -0.3 is 9.88 Å². The Kier molecular flexibility index (Phi) is 4.80. The van der Waals surface area contributed by atoms with Crippen molar-refractivity contribution in [2.75, 3.05) is 18.4 Å². The number of rotatable bonds is 5. The van der Waals surface area contributed by atoms with E-state index in [0.717, 1.165) is 31.0 Å². The molecule has 1 aromatic heterocycles. The van der Waals surface area contributed by atoms with Crippen LogP contribution in [0.3, 0.4) is 0 Å². The predicted octanol–water partition coefficient (Wildman–Crippen LogP) is 3.72. The zero-order valence-electron chi connectivity index (χ0n) is 14.6. The lowest BCUT2D eigenvalue weighted by molar-refractivity contribution is 0.102. The van der Waals surface area contributed by atoms with Crippen molar-refractivity contribution in [2.24, 2.45) is 0 Å². The molecular formula is C21H22N4O. The molecule has 2 aromatic carbocycles.